The van der Waals surface area contributed by atoms with Crippen molar-refractivity contribution < 1.29 is 35.5 Å². The topological polar surface area (TPSA) is 91.3 Å². The molecule has 0 saturated carbocycles. The molecule has 2 aliphatic heterocycles. The van der Waals surface area contributed by atoms with Crippen molar-refractivity contribution in [3.8, 4) is 11.5 Å². The van der Waals surface area contributed by atoms with E-state index in [1.165, 1.54) is 57.1 Å². The van der Waals surface area contributed by atoms with Gasteiger partial charge in [-0.05, 0) is 81.7 Å². The highest BCUT2D eigenvalue weighted by molar-refractivity contribution is 7.92. The third-order valence-electron chi connectivity index (χ3n) is 10.5. The summed E-state index contributed by atoms with van der Waals surface area (Å²) in [6, 6.07) is 16.3. The van der Waals surface area contributed by atoms with Gasteiger partial charge < -0.3 is 19.3 Å². The number of piperidine rings is 1. The Balaban J connectivity index is 1.29. The van der Waals surface area contributed by atoms with Crippen LogP contribution in [-0.4, -0.2) is 94.3 Å². The standard InChI is InChI=1S/C38H44F4N6O4S/c1-45-23-31(24-45)46(2)37(16-13-27-7-5-8-29(19-27)38(40,41)42)15-6-18-47(25-37)30-10-12-35(33(39)20-30)53(49,50)48(36-14-17-43-26-44-36)22-28-9-11-32(51-3)21-34(28)52-4/h5,7-12,14,17,19-21,26,31H,6,13,15-16,18,22-25H2,1-4H3/t37-/m1/s1. The number of hydrogen-bond donors (Lipinski definition) is 0. The number of ether oxygens (including phenoxy) is 2. The first-order valence-corrected chi connectivity index (χ1v) is 18.8. The van der Waals surface area contributed by atoms with E-state index < -0.39 is 38.0 Å². The fraction of sp³-hybridized carbons (Fsp3) is 0.421. The molecular formula is C38H44F4N6O4S. The smallest absolute Gasteiger partial charge is 0.416 e. The zero-order valence-electron chi connectivity index (χ0n) is 30.2. The Bertz CT molecular complexity index is 2000. The summed E-state index contributed by atoms with van der Waals surface area (Å²) in [7, 11) is 2.59. The number of sulfonamides is 1. The molecule has 6 rings (SSSR count). The van der Waals surface area contributed by atoms with Crippen molar-refractivity contribution in [2.75, 3.05) is 63.7 Å². The van der Waals surface area contributed by atoms with Gasteiger partial charge in [-0.3, -0.25) is 4.90 Å². The van der Waals surface area contributed by atoms with E-state index in [0.29, 0.717) is 54.2 Å². The first-order valence-electron chi connectivity index (χ1n) is 17.4. The second kappa shape index (κ2) is 15.5. The van der Waals surface area contributed by atoms with Crippen LogP contribution in [0.15, 0.2) is 84.1 Å². The molecular weight excluding hydrogens is 713 g/mol. The van der Waals surface area contributed by atoms with Crippen molar-refractivity contribution in [1.29, 1.82) is 0 Å². The highest BCUT2D eigenvalue weighted by Gasteiger charge is 2.44. The molecule has 0 amide bonds. The van der Waals surface area contributed by atoms with Crippen molar-refractivity contribution in [2.45, 2.75) is 54.9 Å². The van der Waals surface area contributed by atoms with Crippen LogP contribution in [-0.2, 0) is 29.2 Å². The molecule has 3 aromatic carbocycles. The molecule has 1 atom stereocenters. The van der Waals surface area contributed by atoms with Crippen LogP contribution in [0.2, 0.25) is 0 Å². The van der Waals surface area contributed by atoms with Gasteiger partial charge in [-0.1, -0.05) is 18.2 Å². The third kappa shape index (κ3) is 8.21. The Morgan fingerprint density at radius 2 is 1.81 bits per heavy atom. The minimum Gasteiger partial charge on any atom is -0.497 e. The summed E-state index contributed by atoms with van der Waals surface area (Å²) in [5, 5.41) is 0. The number of rotatable bonds is 13. The number of likely N-dealkylation sites (tertiary alicyclic amines) is 1. The molecule has 0 aliphatic carbocycles. The van der Waals surface area contributed by atoms with Gasteiger partial charge in [0.2, 0.25) is 0 Å². The van der Waals surface area contributed by atoms with Gasteiger partial charge in [-0.25, -0.2) is 27.1 Å². The Morgan fingerprint density at radius 1 is 1.02 bits per heavy atom. The average Bonchev–Trinajstić information content (AvgIpc) is 3.14. The van der Waals surface area contributed by atoms with Gasteiger partial charge in [0.1, 0.15) is 34.4 Å². The number of halogens is 4. The van der Waals surface area contributed by atoms with Gasteiger partial charge in [-0.15, -0.1) is 0 Å². The number of anilines is 2. The first kappa shape index (κ1) is 38.3. The van der Waals surface area contributed by atoms with Crippen molar-refractivity contribution in [3.05, 3.63) is 102 Å². The number of benzene rings is 3. The largest absolute Gasteiger partial charge is 0.497 e. The second-order valence-corrected chi connectivity index (χ2v) is 15.6. The lowest BCUT2D eigenvalue weighted by atomic mass is 9.80. The van der Waals surface area contributed by atoms with E-state index in [1.54, 1.807) is 30.3 Å². The summed E-state index contributed by atoms with van der Waals surface area (Å²) in [5.74, 6) is 0.0341. The average molecular weight is 757 g/mol. The Kier molecular flexibility index (Phi) is 11.2. The maximum absolute atomic E-state index is 16.2. The van der Waals surface area contributed by atoms with Crippen LogP contribution in [0.5, 0.6) is 11.5 Å². The number of nitrogens with zero attached hydrogens (tertiary/aromatic N) is 6. The Labute approximate surface area is 308 Å². The van der Waals surface area contributed by atoms with Crippen LogP contribution in [0.3, 0.4) is 0 Å². The predicted molar refractivity (Wildman–Crippen MR) is 194 cm³/mol. The van der Waals surface area contributed by atoms with Gasteiger partial charge in [0.05, 0.1) is 26.3 Å². The summed E-state index contributed by atoms with van der Waals surface area (Å²) in [6.45, 7) is 2.64. The number of hydrogen-bond acceptors (Lipinski definition) is 9. The molecule has 284 valence electrons. The van der Waals surface area contributed by atoms with E-state index >= 15 is 4.39 Å². The molecule has 15 heteroatoms. The summed E-state index contributed by atoms with van der Waals surface area (Å²) >= 11 is 0. The maximum atomic E-state index is 16.2. The quantitative estimate of drug-likeness (QED) is 0.147. The van der Waals surface area contributed by atoms with Crippen LogP contribution >= 0.6 is 0 Å². The maximum Gasteiger partial charge on any atom is 0.416 e. The molecule has 2 aliphatic rings. The number of likely N-dealkylation sites (N-methyl/N-ethyl adjacent to an activating group) is 2. The van der Waals surface area contributed by atoms with E-state index in [1.807, 2.05) is 7.05 Å². The van der Waals surface area contributed by atoms with Crippen LogP contribution < -0.4 is 18.7 Å². The molecule has 10 nitrogen and oxygen atoms in total. The molecule has 3 heterocycles. The van der Waals surface area contributed by atoms with E-state index in [0.717, 1.165) is 36.3 Å². The Morgan fingerprint density at radius 3 is 2.47 bits per heavy atom. The van der Waals surface area contributed by atoms with Gasteiger partial charge in [0.15, 0.2) is 0 Å². The zero-order chi connectivity index (χ0) is 38.0. The summed E-state index contributed by atoms with van der Waals surface area (Å²) in [5.41, 5.74) is 0.547. The van der Waals surface area contributed by atoms with E-state index in [9.17, 15) is 21.6 Å². The van der Waals surface area contributed by atoms with E-state index in [4.69, 9.17) is 9.47 Å². The van der Waals surface area contributed by atoms with Crippen LogP contribution in [0.4, 0.5) is 29.1 Å². The van der Waals surface area contributed by atoms with Gasteiger partial charge in [0, 0.05) is 67.3 Å². The van der Waals surface area contributed by atoms with Crippen molar-refractivity contribution >= 4 is 21.5 Å². The molecule has 53 heavy (non-hydrogen) atoms. The molecule has 0 unspecified atom stereocenters. The number of alkyl halides is 3. The summed E-state index contributed by atoms with van der Waals surface area (Å²) < 4.78 is 97.1. The lowest BCUT2D eigenvalue weighted by Crippen LogP contribution is -2.67. The van der Waals surface area contributed by atoms with E-state index in [-0.39, 0.29) is 18.4 Å². The van der Waals surface area contributed by atoms with Crippen LogP contribution in [0.1, 0.15) is 36.0 Å². The van der Waals surface area contributed by atoms with Crippen molar-refractivity contribution in [3.63, 3.8) is 0 Å². The molecule has 4 aromatic rings. The zero-order valence-corrected chi connectivity index (χ0v) is 31.0. The molecule has 0 N–H and O–H groups in total. The van der Waals surface area contributed by atoms with Crippen molar-refractivity contribution in [1.82, 2.24) is 19.8 Å². The monoisotopic (exact) mass is 756 g/mol. The molecule has 0 spiro atoms. The highest BCUT2D eigenvalue weighted by Crippen LogP contribution is 2.38. The fourth-order valence-electron chi connectivity index (χ4n) is 7.45. The number of methoxy groups -OCH3 is 2. The minimum absolute atomic E-state index is 0.0487. The molecule has 2 saturated heterocycles. The Hall–Kier alpha value is -4.47. The van der Waals surface area contributed by atoms with Crippen molar-refractivity contribution in [2.24, 2.45) is 0 Å². The molecule has 1 aromatic heterocycles. The molecule has 0 bridgehead atoms. The van der Waals surface area contributed by atoms with Crippen LogP contribution in [0.25, 0.3) is 0 Å². The third-order valence-corrected chi connectivity index (χ3v) is 12.3. The molecule has 0 radical (unpaired) electrons. The second-order valence-electron chi connectivity index (χ2n) is 13.8. The summed E-state index contributed by atoms with van der Waals surface area (Å²) in [4.78, 5) is 14.2. The fourth-order valence-corrected chi connectivity index (χ4v) is 8.90. The minimum atomic E-state index is -4.50. The lowest BCUT2D eigenvalue weighted by molar-refractivity contribution is -0.137. The highest BCUT2D eigenvalue weighted by atomic mass is 32.2. The summed E-state index contributed by atoms with van der Waals surface area (Å²) in [6.07, 6.45) is 0.813. The van der Waals surface area contributed by atoms with Gasteiger partial charge in [-0.2, -0.15) is 13.2 Å². The SMILES string of the molecule is COc1ccc(CN(c2ccncn2)S(=O)(=O)c2ccc(N3CCC[C@](CCc4cccc(C(F)(F)F)c4)(N(C)C4CN(C)C4)C3)cc2F)c(OC)c1. The van der Waals surface area contributed by atoms with Gasteiger partial charge in [0.25, 0.3) is 10.0 Å². The van der Waals surface area contributed by atoms with Crippen LogP contribution in [0, 0.1) is 5.82 Å². The first-order chi connectivity index (χ1) is 25.2. The normalized spacial score (nSPS) is 18.5. The van der Waals surface area contributed by atoms with E-state index in [2.05, 4.69) is 31.7 Å². The van der Waals surface area contributed by atoms with Gasteiger partial charge >= 0.3 is 6.18 Å². The predicted octanol–water partition coefficient (Wildman–Crippen LogP) is 6.26. The lowest BCUT2D eigenvalue weighted by Gasteiger charge is -2.55. The number of aryl methyl sites for hydroxylation is 1. The number of aromatic nitrogens is 2. The molecule has 2 fully saturated rings.